The standard InChI is InChI=1S/C14H21N3O2/c1-19-12-4-2-5-14(12)6-3-7-17(9-14)13(18)11-8-15-10-16-11/h8,10,12H,2-7,9H2,1H3,(H,15,16)/t12-,14-/m1/s1. The molecule has 1 aliphatic carbocycles. The lowest BCUT2D eigenvalue weighted by atomic mass is 9.76. The number of aromatic nitrogens is 2. The molecule has 2 heterocycles. The summed E-state index contributed by atoms with van der Waals surface area (Å²) in [5.74, 6) is 0.0679. The first kappa shape index (κ1) is 12.7. The van der Waals surface area contributed by atoms with Crippen molar-refractivity contribution in [3.05, 3.63) is 18.2 Å². The molecule has 104 valence electrons. The van der Waals surface area contributed by atoms with Crippen molar-refractivity contribution in [3.8, 4) is 0 Å². The fourth-order valence-corrected chi connectivity index (χ4v) is 3.82. The van der Waals surface area contributed by atoms with Crippen LogP contribution in [-0.4, -0.2) is 47.1 Å². The number of carbonyl (C=O) groups excluding carboxylic acids is 1. The quantitative estimate of drug-likeness (QED) is 0.885. The number of nitrogens with one attached hydrogen (secondary N) is 1. The molecule has 1 aromatic rings. The zero-order valence-electron chi connectivity index (χ0n) is 11.4. The van der Waals surface area contributed by atoms with E-state index in [0.717, 1.165) is 25.9 Å². The van der Waals surface area contributed by atoms with Gasteiger partial charge in [0.05, 0.1) is 18.6 Å². The van der Waals surface area contributed by atoms with E-state index in [1.807, 2.05) is 4.90 Å². The summed E-state index contributed by atoms with van der Waals surface area (Å²) < 4.78 is 5.67. The van der Waals surface area contributed by atoms with E-state index in [9.17, 15) is 4.79 Å². The lowest BCUT2D eigenvalue weighted by Crippen LogP contribution is -2.49. The predicted octanol–water partition coefficient (Wildman–Crippen LogP) is 1.83. The van der Waals surface area contributed by atoms with Crippen molar-refractivity contribution in [1.82, 2.24) is 14.9 Å². The van der Waals surface area contributed by atoms with Gasteiger partial charge in [0.1, 0.15) is 5.69 Å². The SMILES string of the molecule is CO[C@@H]1CCC[C@]12CCCN(C(=O)c1cnc[nH]1)C2. The third-order valence-corrected chi connectivity index (χ3v) is 4.73. The third kappa shape index (κ3) is 2.16. The molecule has 2 aliphatic rings. The molecule has 0 bridgehead atoms. The lowest BCUT2D eigenvalue weighted by Gasteiger charge is -2.43. The molecule has 0 aromatic carbocycles. The van der Waals surface area contributed by atoms with E-state index in [2.05, 4.69) is 9.97 Å². The van der Waals surface area contributed by atoms with E-state index in [-0.39, 0.29) is 11.3 Å². The Labute approximate surface area is 113 Å². The summed E-state index contributed by atoms with van der Waals surface area (Å²) in [6.45, 7) is 1.67. The number of imidazole rings is 1. The number of rotatable bonds is 2. The maximum atomic E-state index is 12.4. The van der Waals surface area contributed by atoms with E-state index in [1.54, 1.807) is 19.6 Å². The van der Waals surface area contributed by atoms with Gasteiger partial charge in [-0.1, -0.05) is 6.42 Å². The van der Waals surface area contributed by atoms with E-state index < -0.39 is 0 Å². The summed E-state index contributed by atoms with van der Waals surface area (Å²) in [7, 11) is 1.80. The van der Waals surface area contributed by atoms with Crippen LogP contribution in [0.2, 0.25) is 0 Å². The number of hydrogen-bond donors (Lipinski definition) is 1. The Morgan fingerprint density at radius 3 is 3.11 bits per heavy atom. The molecular formula is C14H21N3O2. The Morgan fingerprint density at radius 2 is 2.37 bits per heavy atom. The van der Waals surface area contributed by atoms with Crippen molar-refractivity contribution < 1.29 is 9.53 Å². The molecule has 1 amide bonds. The van der Waals surface area contributed by atoms with E-state index in [1.165, 1.54) is 19.3 Å². The van der Waals surface area contributed by atoms with Crippen LogP contribution in [-0.2, 0) is 4.74 Å². The average molecular weight is 263 g/mol. The Kier molecular flexibility index (Phi) is 3.31. The highest BCUT2D eigenvalue weighted by molar-refractivity contribution is 5.92. The van der Waals surface area contributed by atoms with Crippen molar-refractivity contribution >= 4 is 5.91 Å². The maximum Gasteiger partial charge on any atom is 0.271 e. The van der Waals surface area contributed by atoms with Gasteiger partial charge >= 0.3 is 0 Å². The number of ether oxygens (including phenoxy) is 1. The van der Waals surface area contributed by atoms with Crippen molar-refractivity contribution in [1.29, 1.82) is 0 Å². The number of nitrogens with zero attached hydrogens (tertiary/aromatic N) is 2. The van der Waals surface area contributed by atoms with Crippen LogP contribution in [0.5, 0.6) is 0 Å². The first-order valence-electron chi connectivity index (χ1n) is 7.06. The molecule has 5 nitrogen and oxygen atoms in total. The molecule has 1 aromatic heterocycles. The molecule has 3 rings (SSSR count). The van der Waals surface area contributed by atoms with E-state index in [0.29, 0.717) is 11.8 Å². The molecule has 19 heavy (non-hydrogen) atoms. The van der Waals surface area contributed by atoms with Gasteiger partial charge in [-0.2, -0.15) is 0 Å². The summed E-state index contributed by atoms with van der Waals surface area (Å²) in [4.78, 5) is 21.2. The van der Waals surface area contributed by atoms with Crippen LogP contribution in [0.25, 0.3) is 0 Å². The van der Waals surface area contributed by atoms with Gasteiger partial charge in [-0.3, -0.25) is 4.79 Å². The van der Waals surface area contributed by atoms with Crippen LogP contribution in [0.4, 0.5) is 0 Å². The van der Waals surface area contributed by atoms with Gasteiger partial charge in [0.25, 0.3) is 5.91 Å². The fourth-order valence-electron chi connectivity index (χ4n) is 3.82. The van der Waals surface area contributed by atoms with Gasteiger partial charge in [-0.05, 0) is 25.7 Å². The van der Waals surface area contributed by atoms with Gasteiger partial charge in [-0.15, -0.1) is 0 Å². The predicted molar refractivity (Wildman–Crippen MR) is 70.8 cm³/mol. The van der Waals surface area contributed by atoms with Gasteiger partial charge in [0.15, 0.2) is 0 Å². The van der Waals surface area contributed by atoms with Crippen molar-refractivity contribution in [2.45, 2.75) is 38.2 Å². The number of amides is 1. The van der Waals surface area contributed by atoms with Gasteiger partial charge in [-0.25, -0.2) is 4.98 Å². The largest absolute Gasteiger partial charge is 0.381 e. The van der Waals surface area contributed by atoms with Gasteiger partial charge in [0.2, 0.25) is 0 Å². The Hall–Kier alpha value is -1.36. The Balaban J connectivity index is 1.76. The highest BCUT2D eigenvalue weighted by Gasteiger charge is 2.46. The van der Waals surface area contributed by atoms with Crippen molar-refractivity contribution in [2.24, 2.45) is 5.41 Å². The minimum atomic E-state index is 0.0679. The number of likely N-dealkylation sites (tertiary alicyclic amines) is 1. The van der Waals surface area contributed by atoms with Crippen LogP contribution in [0.15, 0.2) is 12.5 Å². The summed E-state index contributed by atoms with van der Waals surface area (Å²) >= 11 is 0. The molecule has 0 unspecified atom stereocenters. The molecule has 2 atom stereocenters. The number of carbonyl (C=O) groups is 1. The molecule has 2 fully saturated rings. The molecular weight excluding hydrogens is 242 g/mol. The Bertz CT molecular complexity index is 446. The molecule has 5 heteroatoms. The molecule has 1 spiro atoms. The molecule has 1 saturated carbocycles. The van der Waals surface area contributed by atoms with Crippen LogP contribution >= 0.6 is 0 Å². The number of aromatic amines is 1. The molecule has 1 N–H and O–H groups in total. The number of hydrogen-bond acceptors (Lipinski definition) is 3. The highest BCUT2D eigenvalue weighted by Crippen LogP contribution is 2.46. The first-order chi connectivity index (χ1) is 9.25. The molecule has 0 radical (unpaired) electrons. The average Bonchev–Trinajstić information content (AvgIpc) is 3.08. The van der Waals surface area contributed by atoms with Crippen molar-refractivity contribution in [3.63, 3.8) is 0 Å². The second kappa shape index (κ2) is 4.96. The van der Waals surface area contributed by atoms with E-state index >= 15 is 0 Å². The summed E-state index contributed by atoms with van der Waals surface area (Å²) in [6, 6.07) is 0. The van der Waals surface area contributed by atoms with Gasteiger partial charge in [0, 0.05) is 25.6 Å². The second-order valence-electron chi connectivity index (χ2n) is 5.77. The maximum absolute atomic E-state index is 12.4. The normalized spacial score (nSPS) is 31.0. The van der Waals surface area contributed by atoms with Crippen LogP contribution < -0.4 is 0 Å². The second-order valence-corrected chi connectivity index (χ2v) is 5.77. The zero-order chi connectivity index (χ0) is 13.3. The van der Waals surface area contributed by atoms with Crippen molar-refractivity contribution in [2.75, 3.05) is 20.2 Å². The summed E-state index contributed by atoms with van der Waals surface area (Å²) in [5, 5.41) is 0. The fraction of sp³-hybridized carbons (Fsp3) is 0.714. The van der Waals surface area contributed by atoms with Crippen LogP contribution in [0.3, 0.4) is 0 Å². The number of methoxy groups -OCH3 is 1. The van der Waals surface area contributed by atoms with Gasteiger partial charge < -0.3 is 14.6 Å². The first-order valence-corrected chi connectivity index (χ1v) is 7.06. The number of H-pyrrole nitrogens is 1. The summed E-state index contributed by atoms with van der Waals surface area (Å²) in [6.07, 6.45) is 9.24. The summed E-state index contributed by atoms with van der Waals surface area (Å²) in [5.41, 5.74) is 0.770. The van der Waals surface area contributed by atoms with Crippen LogP contribution in [0.1, 0.15) is 42.6 Å². The molecule has 1 saturated heterocycles. The molecule has 1 aliphatic heterocycles. The van der Waals surface area contributed by atoms with E-state index in [4.69, 9.17) is 4.74 Å². The minimum Gasteiger partial charge on any atom is -0.381 e. The lowest BCUT2D eigenvalue weighted by molar-refractivity contribution is -0.0296. The minimum absolute atomic E-state index is 0.0679. The Morgan fingerprint density at radius 1 is 1.53 bits per heavy atom. The third-order valence-electron chi connectivity index (χ3n) is 4.73. The van der Waals surface area contributed by atoms with Crippen LogP contribution in [0, 0.1) is 5.41 Å². The zero-order valence-corrected chi connectivity index (χ0v) is 11.4. The number of piperidine rings is 1. The smallest absolute Gasteiger partial charge is 0.271 e. The monoisotopic (exact) mass is 263 g/mol. The highest BCUT2D eigenvalue weighted by atomic mass is 16.5. The topological polar surface area (TPSA) is 58.2 Å².